The van der Waals surface area contributed by atoms with E-state index >= 15 is 0 Å². The zero-order chi connectivity index (χ0) is 16.3. The summed E-state index contributed by atoms with van der Waals surface area (Å²) < 4.78 is 5.77. The summed E-state index contributed by atoms with van der Waals surface area (Å²) in [4.78, 5) is 12.4. The van der Waals surface area contributed by atoms with Crippen molar-refractivity contribution in [1.29, 1.82) is 0 Å². The highest BCUT2D eigenvalue weighted by Gasteiger charge is 2.45. The van der Waals surface area contributed by atoms with E-state index in [9.17, 15) is 4.79 Å². The number of benzene rings is 1. The minimum absolute atomic E-state index is 0.0124. The number of esters is 1. The lowest BCUT2D eigenvalue weighted by Gasteiger charge is -2.43. The summed E-state index contributed by atoms with van der Waals surface area (Å²) in [5.41, 5.74) is 0.539. The smallest absolute Gasteiger partial charge is 0.338 e. The van der Waals surface area contributed by atoms with Crippen molar-refractivity contribution in [3.8, 4) is 0 Å². The van der Waals surface area contributed by atoms with Gasteiger partial charge in [-0.05, 0) is 30.4 Å². The van der Waals surface area contributed by atoms with Gasteiger partial charge in [-0.15, -0.1) is 29.8 Å². The number of hydrogen-bond donors (Lipinski definition) is 0. The molecule has 0 bridgehead atoms. The Balaban J connectivity index is 2.21. The molecule has 0 aromatic heterocycles. The molecule has 6 atom stereocenters. The molecule has 0 aliphatic heterocycles. The predicted octanol–water partition coefficient (Wildman–Crippen LogP) is 4.90. The van der Waals surface area contributed by atoms with Crippen LogP contribution in [0.5, 0.6) is 0 Å². The third-order valence-electron chi connectivity index (χ3n) is 4.60. The highest BCUT2D eigenvalue weighted by Crippen LogP contribution is 2.42. The lowest BCUT2D eigenvalue weighted by atomic mass is 9.71. The Hall–Kier alpha value is -0.990. The van der Waals surface area contributed by atoms with Crippen molar-refractivity contribution in [1.82, 2.24) is 0 Å². The van der Waals surface area contributed by atoms with Gasteiger partial charge in [-0.25, -0.2) is 4.79 Å². The van der Waals surface area contributed by atoms with Gasteiger partial charge in [0.05, 0.1) is 10.9 Å². The molecular formula is C18H22Cl2O2. The molecule has 0 heterocycles. The first kappa shape index (κ1) is 17.4. The molecule has 1 fully saturated rings. The van der Waals surface area contributed by atoms with E-state index in [0.29, 0.717) is 12.0 Å². The summed E-state index contributed by atoms with van der Waals surface area (Å²) in [6, 6.07) is 8.99. The van der Waals surface area contributed by atoms with Crippen molar-refractivity contribution < 1.29 is 9.53 Å². The fourth-order valence-corrected chi connectivity index (χ4v) is 4.06. The first-order valence-electron chi connectivity index (χ1n) is 7.62. The molecule has 2 nitrogen and oxygen atoms in total. The van der Waals surface area contributed by atoms with Crippen molar-refractivity contribution in [2.45, 2.75) is 37.1 Å². The van der Waals surface area contributed by atoms with Gasteiger partial charge in [-0.3, -0.25) is 0 Å². The summed E-state index contributed by atoms with van der Waals surface area (Å²) in [5.74, 6) is 0.117. The van der Waals surface area contributed by atoms with Gasteiger partial charge in [0.25, 0.3) is 0 Å². The van der Waals surface area contributed by atoms with E-state index in [1.807, 2.05) is 24.3 Å². The first-order valence-corrected chi connectivity index (χ1v) is 8.49. The quantitative estimate of drug-likeness (QED) is 0.442. The summed E-state index contributed by atoms with van der Waals surface area (Å²) >= 11 is 12.9. The highest BCUT2D eigenvalue weighted by atomic mass is 35.5. The van der Waals surface area contributed by atoms with Crippen LogP contribution in [0.25, 0.3) is 0 Å². The van der Waals surface area contributed by atoms with Crippen molar-refractivity contribution in [3.05, 3.63) is 48.6 Å². The van der Waals surface area contributed by atoms with E-state index in [2.05, 4.69) is 20.4 Å². The van der Waals surface area contributed by atoms with Crippen LogP contribution in [-0.2, 0) is 4.74 Å². The van der Waals surface area contributed by atoms with E-state index in [1.165, 1.54) is 0 Å². The Morgan fingerprint density at radius 1 is 1.32 bits per heavy atom. The lowest BCUT2D eigenvalue weighted by Crippen LogP contribution is -2.49. The summed E-state index contributed by atoms with van der Waals surface area (Å²) in [6.45, 7) is 8.02. The minimum Gasteiger partial charge on any atom is -0.457 e. The molecule has 0 spiro atoms. The first-order chi connectivity index (χ1) is 10.5. The highest BCUT2D eigenvalue weighted by molar-refractivity contribution is 6.24. The second-order valence-corrected chi connectivity index (χ2v) is 7.16. The molecule has 1 aromatic carbocycles. The van der Waals surface area contributed by atoms with Gasteiger partial charge < -0.3 is 4.74 Å². The molecule has 1 aromatic rings. The zero-order valence-electron chi connectivity index (χ0n) is 12.9. The Morgan fingerprint density at radius 3 is 2.55 bits per heavy atom. The van der Waals surface area contributed by atoms with Gasteiger partial charge in [0.15, 0.2) is 0 Å². The Morgan fingerprint density at radius 2 is 1.95 bits per heavy atom. The van der Waals surface area contributed by atoms with E-state index in [-0.39, 0.29) is 40.6 Å². The Kier molecular flexibility index (Phi) is 5.94. The summed E-state index contributed by atoms with van der Waals surface area (Å²) in [5, 5.41) is -0.291. The normalized spacial score (nSPS) is 33.0. The molecule has 1 aliphatic rings. The molecule has 4 heteroatoms. The third-order valence-corrected chi connectivity index (χ3v) is 5.60. The largest absolute Gasteiger partial charge is 0.457 e. The second kappa shape index (κ2) is 7.52. The molecule has 0 amide bonds. The lowest BCUT2D eigenvalue weighted by molar-refractivity contribution is -0.0177. The van der Waals surface area contributed by atoms with Crippen LogP contribution in [0.15, 0.2) is 43.0 Å². The van der Waals surface area contributed by atoms with Crippen molar-refractivity contribution in [2.24, 2.45) is 17.8 Å². The molecule has 0 saturated heterocycles. The van der Waals surface area contributed by atoms with Crippen molar-refractivity contribution in [2.75, 3.05) is 0 Å². The minimum atomic E-state index is -0.354. The van der Waals surface area contributed by atoms with E-state index in [1.54, 1.807) is 12.1 Å². The van der Waals surface area contributed by atoms with E-state index < -0.39 is 0 Å². The third kappa shape index (κ3) is 3.67. The topological polar surface area (TPSA) is 26.3 Å². The molecule has 0 unspecified atom stereocenters. The van der Waals surface area contributed by atoms with Gasteiger partial charge in [-0.2, -0.15) is 0 Å². The van der Waals surface area contributed by atoms with Gasteiger partial charge in [0, 0.05) is 11.3 Å². The Bertz CT molecular complexity index is 517. The number of halogens is 2. The number of ether oxygens (including phenoxy) is 1. The monoisotopic (exact) mass is 340 g/mol. The van der Waals surface area contributed by atoms with Crippen LogP contribution < -0.4 is 0 Å². The van der Waals surface area contributed by atoms with Gasteiger partial charge >= 0.3 is 5.97 Å². The molecule has 0 N–H and O–H groups in total. The van der Waals surface area contributed by atoms with Crippen molar-refractivity contribution >= 4 is 29.2 Å². The summed E-state index contributed by atoms with van der Waals surface area (Å²) in [6.07, 6.45) is 2.16. The number of alkyl halides is 2. The SMILES string of the molecule is C=C[C@H](C)[C@@H]1[C@@H](C)[C@H](Cl)C[C@H](Cl)[C@@H]1OC(=O)c1ccccc1. The molecule has 2 rings (SSSR count). The predicted molar refractivity (Wildman–Crippen MR) is 91.6 cm³/mol. The second-order valence-electron chi connectivity index (χ2n) is 6.03. The van der Waals surface area contributed by atoms with Crippen LogP contribution in [0, 0.1) is 17.8 Å². The van der Waals surface area contributed by atoms with Crippen LogP contribution in [0.1, 0.15) is 30.6 Å². The fraction of sp³-hybridized carbons (Fsp3) is 0.500. The summed E-state index contributed by atoms with van der Waals surface area (Å²) in [7, 11) is 0. The van der Waals surface area contributed by atoms with Crippen LogP contribution in [0.4, 0.5) is 0 Å². The molecule has 0 radical (unpaired) electrons. The van der Waals surface area contributed by atoms with Crippen LogP contribution in [0.2, 0.25) is 0 Å². The van der Waals surface area contributed by atoms with Gasteiger partial charge in [0.1, 0.15) is 6.10 Å². The average molecular weight is 341 g/mol. The van der Waals surface area contributed by atoms with Gasteiger partial charge in [0.2, 0.25) is 0 Å². The average Bonchev–Trinajstić information content (AvgIpc) is 2.53. The van der Waals surface area contributed by atoms with E-state index in [4.69, 9.17) is 27.9 Å². The maximum absolute atomic E-state index is 12.4. The van der Waals surface area contributed by atoms with Crippen LogP contribution in [0.3, 0.4) is 0 Å². The number of hydrogen-bond acceptors (Lipinski definition) is 2. The molecule has 1 saturated carbocycles. The number of carbonyl (C=O) groups excluding carboxylic acids is 1. The molecule has 22 heavy (non-hydrogen) atoms. The number of rotatable bonds is 4. The van der Waals surface area contributed by atoms with Crippen molar-refractivity contribution in [3.63, 3.8) is 0 Å². The Labute approximate surface area is 142 Å². The van der Waals surface area contributed by atoms with Crippen LogP contribution >= 0.6 is 23.2 Å². The molecule has 120 valence electrons. The number of allylic oxidation sites excluding steroid dienone is 1. The number of carbonyl (C=O) groups is 1. The molecule has 1 aliphatic carbocycles. The van der Waals surface area contributed by atoms with E-state index in [0.717, 1.165) is 0 Å². The standard InChI is InChI=1S/C18H22Cl2O2/c1-4-11(2)16-12(3)14(19)10-15(20)17(16)22-18(21)13-8-6-5-7-9-13/h4-9,11-12,14-17H,1,10H2,2-3H3/t11-,12-,14+,15-,16+,17-/m0/s1. The molecular weight excluding hydrogens is 319 g/mol. The fourth-order valence-electron chi connectivity index (χ4n) is 3.20. The van der Waals surface area contributed by atoms with Crippen LogP contribution in [-0.4, -0.2) is 22.8 Å². The maximum Gasteiger partial charge on any atom is 0.338 e. The van der Waals surface area contributed by atoms with Gasteiger partial charge in [-0.1, -0.05) is 38.1 Å². The zero-order valence-corrected chi connectivity index (χ0v) is 14.4. The maximum atomic E-state index is 12.4.